The molecule has 0 heterocycles. The van der Waals surface area contributed by atoms with Crippen LogP contribution in [0.15, 0.2) is 0 Å². The van der Waals surface area contributed by atoms with Gasteiger partial charge in [0.1, 0.15) is 0 Å². The topological polar surface area (TPSA) is 56.1 Å². The lowest BCUT2D eigenvalue weighted by Gasteiger charge is -2.28. The van der Waals surface area contributed by atoms with Crippen molar-refractivity contribution in [2.45, 2.75) is 58.0 Å². The van der Waals surface area contributed by atoms with Gasteiger partial charge in [-0.15, -0.1) is 0 Å². The van der Waals surface area contributed by atoms with E-state index in [1.807, 2.05) is 25.8 Å². The Bertz CT molecular complexity index is 305. The monoisotopic (exact) mass is 251 g/mol. The summed E-state index contributed by atoms with van der Waals surface area (Å²) in [5.41, 5.74) is 0. The fourth-order valence-corrected chi connectivity index (χ4v) is 2.40. The lowest BCUT2D eigenvalue weighted by molar-refractivity contribution is -0.126. The van der Waals surface area contributed by atoms with E-state index >= 15 is 0 Å². The molecule has 2 unspecified atom stereocenters. The normalized spacial score (nSPS) is 20.2. The summed E-state index contributed by atoms with van der Waals surface area (Å²) in [6, 6.07) is 2.39. The number of rotatable bonds is 5. The predicted octanol–water partition coefficient (Wildman–Crippen LogP) is 1.92. The Hall–Kier alpha value is -1.08. The molecular weight excluding hydrogens is 226 g/mol. The highest BCUT2D eigenvalue weighted by atomic mass is 16.2. The quantitative estimate of drug-likeness (QED) is 0.812. The molecule has 0 aromatic heterocycles. The minimum absolute atomic E-state index is 0.0417. The molecule has 1 aliphatic rings. The third-order valence-corrected chi connectivity index (χ3v) is 3.77. The summed E-state index contributed by atoms with van der Waals surface area (Å²) < 4.78 is 0. The van der Waals surface area contributed by atoms with Crippen LogP contribution in [0.2, 0.25) is 0 Å². The molecule has 0 bridgehead atoms. The van der Waals surface area contributed by atoms with Gasteiger partial charge in [0.2, 0.25) is 5.91 Å². The van der Waals surface area contributed by atoms with E-state index in [0.717, 1.165) is 12.8 Å². The van der Waals surface area contributed by atoms with Crippen LogP contribution in [-0.4, -0.2) is 36.5 Å². The van der Waals surface area contributed by atoms with E-state index in [4.69, 9.17) is 5.26 Å². The van der Waals surface area contributed by atoms with Crippen LogP contribution in [0.5, 0.6) is 0 Å². The lowest BCUT2D eigenvalue weighted by Crippen LogP contribution is -2.48. The largest absolute Gasteiger partial charge is 0.352 e. The van der Waals surface area contributed by atoms with Gasteiger partial charge in [0.15, 0.2) is 0 Å². The highest BCUT2D eigenvalue weighted by Gasteiger charge is 2.22. The first-order valence-corrected chi connectivity index (χ1v) is 6.94. The second-order valence-electron chi connectivity index (χ2n) is 5.49. The standard InChI is InChI=1S/C14H25N3O/c1-11(9-15)10-17(3)12(2)14(18)16-13-7-5-4-6-8-13/h11-13H,4-8,10H2,1-3H3,(H,16,18). The van der Waals surface area contributed by atoms with Crippen molar-refractivity contribution in [3.8, 4) is 6.07 Å². The molecule has 1 rings (SSSR count). The summed E-state index contributed by atoms with van der Waals surface area (Å²) in [5, 5.41) is 11.9. The van der Waals surface area contributed by atoms with Gasteiger partial charge in [-0.2, -0.15) is 5.26 Å². The van der Waals surface area contributed by atoms with Gasteiger partial charge in [-0.3, -0.25) is 9.69 Å². The molecule has 4 nitrogen and oxygen atoms in total. The minimum Gasteiger partial charge on any atom is -0.352 e. The number of hydrogen-bond acceptors (Lipinski definition) is 3. The zero-order valence-corrected chi connectivity index (χ0v) is 11.8. The van der Waals surface area contributed by atoms with Gasteiger partial charge >= 0.3 is 0 Å². The highest BCUT2D eigenvalue weighted by molar-refractivity contribution is 5.81. The minimum atomic E-state index is -0.164. The molecule has 1 aliphatic carbocycles. The molecule has 0 aromatic carbocycles. The summed E-state index contributed by atoms with van der Waals surface area (Å²) in [5.74, 6) is 0.0504. The Morgan fingerprint density at radius 2 is 2.00 bits per heavy atom. The fraction of sp³-hybridized carbons (Fsp3) is 0.857. The van der Waals surface area contributed by atoms with Crippen molar-refractivity contribution >= 4 is 5.91 Å². The molecule has 2 atom stereocenters. The zero-order valence-electron chi connectivity index (χ0n) is 11.8. The summed E-state index contributed by atoms with van der Waals surface area (Å²) >= 11 is 0. The molecule has 0 saturated heterocycles. The molecule has 102 valence electrons. The van der Waals surface area contributed by atoms with Crippen LogP contribution in [0.3, 0.4) is 0 Å². The molecule has 18 heavy (non-hydrogen) atoms. The van der Waals surface area contributed by atoms with Gasteiger partial charge in [0, 0.05) is 12.6 Å². The van der Waals surface area contributed by atoms with Crippen molar-refractivity contribution in [2.24, 2.45) is 5.92 Å². The third kappa shape index (κ3) is 4.66. The summed E-state index contributed by atoms with van der Waals surface area (Å²) in [7, 11) is 1.90. The van der Waals surface area contributed by atoms with Gasteiger partial charge in [0.25, 0.3) is 0 Å². The van der Waals surface area contributed by atoms with E-state index in [2.05, 4.69) is 11.4 Å². The fourth-order valence-electron chi connectivity index (χ4n) is 2.40. The van der Waals surface area contributed by atoms with Crippen molar-refractivity contribution in [3.63, 3.8) is 0 Å². The van der Waals surface area contributed by atoms with E-state index in [9.17, 15) is 4.79 Å². The van der Waals surface area contributed by atoms with Gasteiger partial charge in [-0.25, -0.2) is 0 Å². The van der Waals surface area contributed by atoms with Gasteiger partial charge in [-0.1, -0.05) is 19.3 Å². The van der Waals surface area contributed by atoms with Crippen molar-refractivity contribution < 1.29 is 4.79 Å². The van der Waals surface area contributed by atoms with Crippen LogP contribution in [0.1, 0.15) is 46.0 Å². The molecule has 0 aromatic rings. The number of nitriles is 1. The van der Waals surface area contributed by atoms with Crippen molar-refractivity contribution in [3.05, 3.63) is 0 Å². The van der Waals surface area contributed by atoms with Gasteiger partial charge in [0.05, 0.1) is 18.0 Å². The second kappa shape index (κ2) is 7.38. The highest BCUT2D eigenvalue weighted by Crippen LogP contribution is 2.17. The zero-order chi connectivity index (χ0) is 13.5. The summed E-state index contributed by atoms with van der Waals surface area (Å²) in [6.45, 7) is 4.42. The molecule has 1 fully saturated rings. The number of carbonyl (C=O) groups is 1. The molecule has 1 amide bonds. The van der Waals surface area contributed by atoms with E-state index in [1.165, 1.54) is 19.3 Å². The van der Waals surface area contributed by atoms with Crippen LogP contribution in [0.25, 0.3) is 0 Å². The Kier molecular flexibility index (Phi) is 6.14. The number of hydrogen-bond donors (Lipinski definition) is 1. The second-order valence-corrected chi connectivity index (χ2v) is 5.49. The average molecular weight is 251 g/mol. The van der Waals surface area contributed by atoms with E-state index in [-0.39, 0.29) is 17.9 Å². The maximum atomic E-state index is 12.1. The first-order chi connectivity index (χ1) is 8.54. The maximum Gasteiger partial charge on any atom is 0.237 e. The van der Waals surface area contributed by atoms with Crippen molar-refractivity contribution in [1.29, 1.82) is 5.26 Å². The van der Waals surface area contributed by atoms with Crippen molar-refractivity contribution in [1.82, 2.24) is 10.2 Å². The van der Waals surface area contributed by atoms with Gasteiger partial charge in [-0.05, 0) is 33.7 Å². The predicted molar refractivity (Wildman–Crippen MR) is 71.9 cm³/mol. The lowest BCUT2D eigenvalue weighted by atomic mass is 9.95. The van der Waals surface area contributed by atoms with Gasteiger partial charge < -0.3 is 5.32 Å². The van der Waals surface area contributed by atoms with Crippen molar-refractivity contribution in [2.75, 3.05) is 13.6 Å². The Balaban J connectivity index is 2.37. The first-order valence-electron chi connectivity index (χ1n) is 6.94. The molecule has 4 heteroatoms. The van der Waals surface area contributed by atoms with Crippen LogP contribution >= 0.6 is 0 Å². The van der Waals surface area contributed by atoms with Crippen LogP contribution in [-0.2, 0) is 4.79 Å². The average Bonchev–Trinajstić information content (AvgIpc) is 2.38. The number of amides is 1. The van der Waals surface area contributed by atoms with E-state index < -0.39 is 0 Å². The Morgan fingerprint density at radius 1 is 1.39 bits per heavy atom. The smallest absolute Gasteiger partial charge is 0.237 e. The molecule has 0 aliphatic heterocycles. The number of nitrogens with zero attached hydrogens (tertiary/aromatic N) is 2. The maximum absolute atomic E-state index is 12.1. The Labute approximate surface area is 110 Å². The molecule has 1 N–H and O–H groups in total. The molecular formula is C14H25N3O. The molecule has 0 radical (unpaired) electrons. The SMILES string of the molecule is CC(C#N)CN(C)C(C)C(=O)NC1CCCCC1. The first kappa shape index (κ1) is 15.0. The molecule has 1 saturated carbocycles. The number of nitrogens with one attached hydrogen (secondary N) is 1. The Morgan fingerprint density at radius 3 is 2.56 bits per heavy atom. The summed E-state index contributed by atoms with van der Waals surface area (Å²) in [4.78, 5) is 14.0. The number of carbonyl (C=O) groups excluding carboxylic acids is 1. The summed E-state index contributed by atoms with van der Waals surface area (Å²) in [6.07, 6.45) is 5.95. The number of likely N-dealkylation sites (N-methyl/N-ethyl adjacent to an activating group) is 1. The molecule has 0 spiro atoms. The van der Waals surface area contributed by atoms with E-state index in [1.54, 1.807) is 0 Å². The third-order valence-electron chi connectivity index (χ3n) is 3.77. The van der Waals surface area contributed by atoms with E-state index in [0.29, 0.717) is 12.6 Å². The van der Waals surface area contributed by atoms with Crippen LogP contribution in [0, 0.1) is 17.2 Å². The van der Waals surface area contributed by atoms with Crippen LogP contribution in [0.4, 0.5) is 0 Å². The van der Waals surface area contributed by atoms with Crippen LogP contribution < -0.4 is 5.32 Å².